The average Bonchev–Trinajstić information content (AvgIpc) is 2.81. The van der Waals surface area contributed by atoms with Gasteiger partial charge in [-0.25, -0.2) is 4.79 Å². The third-order valence-corrected chi connectivity index (χ3v) is 5.30. The van der Waals surface area contributed by atoms with Gasteiger partial charge in [-0.2, -0.15) is 13.2 Å². The number of halogens is 3. The van der Waals surface area contributed by atoms with Gasteiger partial charge >= 0.3 is 12.3 Å². The molecule has 4 rings (SSSR count). The Morgan fingerprint density at radius 2 is 1.59 bits per heavy atom. The van der Waals surface area contributed by atoms with Gasteiger partial charge < -0.3 is 10.4 Å². The molecule has 4 aromatic carbocycles. The molecule has 34 heavy (non-hydrogen) atoms. The lowest BCUT2D eigenvalue weighted by atomic mass is 9.96. The third kappa shape index (κ3) is 5.17. The summed E-state index contributed by atoms with van der Waals surface area (Å²) in [7, 11) is 0. The van der Waals surface area contributed by atoms with Crippen LogP contribution in [0.25, 0.3) is 21.9 Å². The van der Waals surface area contributed by atoms with Crippen LogP contribution in [0.1, 0.15) is 21.5 Å². The van der Waals surface area contributed by atoms with Crippen LogP contribution in [0.4, 0.5) is 23.7 Å². The van der Waals surface area contributed by atoms with E-state index in [1.807, 2.05) is 12.1 Å². The molecule has 3 N–H and O–H groups in total. The zero-order valence-corrected chi connectivity index (χ0v) is 17.7. The molecular formula is C26H19F3N2O3. The van der Waals surface area contributed by atoms with Crippen LogP contribution < -0.4 is 10.6 Å². The summed E-state index contributed by atoms with van der Waals surface area (Å²) in [5, 5.41) is 15.5. The predicted molar refractivity (Wildman–Crippen MR) is 124 cm³/mol. The van der Waals surface area contributed by atoms with E-state index in [1.54, 1.807) is 48.5 Å². The number of carbonyl (C=O) groups excluding carboxylic acids is 1. The van der Waals surface area contributed by atoms with Crippen molar-refractivity contribution in [2.75, 3.05) is 5.32 Å². The molecule has 0 saturated heterocycles. The Morgan fingerprint density at radius 1 is 0.853 bits per heavy atom. The molecule has 172 valence electrons. The smallest absolute Gasteiger partial charge is 0.416 e. The van der Waals surface area contributed by atoms with Gasteiger partial charge in [0.05, 0.1) is 5.56 Å². The number of alkyl halides is 3. The Kier molecular flexibility index (Phi) is 6.23. The fourth-order valence-corrected chi connectivity index (χ4v) is 3.68. The number of carbonyl (C=O) groups is 2. The molecule has 0 atom stereocenters. The third-order valence-electron chi connectivity index (χ3n) is 5.30. The van der Waals surface area contributed by atoms with Crippen molar-refractivity contribution in [1.29, 1.82) is 0 Å². The first kappa shape index (κ1) is 22.8. The molecule has 0 radical (unpaired) electrons. The zero-order chi connectivity index (χ0) is 24.3. The number of carboxylic acid groups (broad SMARTS) is 1. The molecule has 0 aliphatic carbocycles. The molecule has 0 bridgehead atoms. The lowest BCUT2D eigenvalue weighted by Crippen LogP contribution is -2.22. The number of amides is 2. The second-order valence-corrected chi connectivity index (χ2v) is 7.63. The maximum atomic E-state index is 12.9. The fraction of sp³-hybridized carbons (Fsp3) is 0.0769. The van der Waals surface area contributed by atoms with Crippen molar-refractivity contribution >= 4 is 28.5 Å². The molecule has 5 nitrogen and oxygen atoms in total. The minimum absolute atomic E-state index is 0.206. The van der Waals surface area contributed by atoms with Gasteiger partial charge in [-0.1, -0.05) is 48.5 Å². The van der Waals surface area contributed by atoms with Crippen LogP contribution >= 0.6 is 0 Å². The summed E-state index contributed by atoms with van der Waals surface area (Å²) in [6.07, 6.45) is -5.57. The molecule has 4 aromatic rings. The van der Waals surface area contributed by atoms with Gasteiger partial charge in [0.1, 0.15) is 0 Å². The summed E-state index contributed by atoms with van der Waals surface area (Å²) in [4.78, 5) is 23.5. The molecule has 0 aromatic heterocycles. The summed E-state index contributed by atoms with van der Waals surface area (Å²) in [6, 6.07) is 22.3. The van der Waals surface area contributed by atoms with Crippen LogP contribution in [-0.4, -0.2) is 17.1 Å². The highest BCUT2D eigenvalue weighted by Crippen LogP contribution is 2.33. The van der Waals surface area contributed by atoms with Crippen molar-refractivity contribution in [3.05, 3.63) is 102 Å². The number of hydrogen-bond donors (Lipinski definition) is 3. The van der Waals surface area contributed by atoms with Crippen LogP contribution in [-0.2, 0) is 12.7 Å². The van der Waals surface area contributed by atoms with E-state index in [0.29, 0.717) is 16.8 Å². The molecular weight excluding hydrogens is 445 g/mol. The minimum Gasteiger partial charge on any atom is -0.465 e. The Balaban J connectivity index is 1.53. The van der Waals surface area contributed by atoms with Gasteiger partial charge in [0.2, 0.25) is 0 Å². The number of anilines is 1. The molecule has 2 amide bonds. The monoisotopic (exact) mass is 464 g/mol. The zero-order valence-electron chi connectivity index (χ0n) is 17.7. The van der Waals surface area contributed by atoms with Crippen molar-refractivity contribution in [1.82, 2.24) is 5.32 Å². The lowest BCUT2D eigenvalue weighted by molar-refractivity contribution is -0.137. The Bertz CT molecular complexity index is 1370. The molecule has 0 aliphatic rings. The first-order valence-electron chi connectivity index (χ1n) is 10.3. The van der Waals surface area contributed by atoms with E-state index >= 15 is 0 Å². The summed E-state index contributed by atoms with van der Waals surface area (Å²) >= 11 is 0. The Hall–Kier alpha value is -4.33. The van der Waals surface area contributed by atoms with Gasteiger partial charge in [0.15, 0.2) is 0 Å². The topological polar surface area (TPSA) is 78.4 Å². The van der Waals surface area contributed by atoms with Crippen LogP contribution in [0.3, 0.4) is 0 Å². The van der Waals surface area contributed by atoms with Gasteiger partial charge in [0, 0.05) is 17.8 Å². The maximum Gasteiger partial charge on any atom is 0.416 e. The molecule has 0 aliphatic heterocycles. The fourth-order valence-electron chi connectivity index (χ4n) is 3.68. The van der Waals surface area contributed by atoms with Crippen molar-refractivity contribution in [2.45, 2.75) is 12.7 Å². The van der Waals surface area contributed by atoms with Crippen molar-refractivity contribution in [2.24, 2.45) is 0 Å². The number of fused-ring (bicyclic) bond motifs is 1. The first-order valence-corrected chi connectivity index (χ1v) is 10.3. The highest BCUT2D eigenvalue weighted by Gasteiger charge is 2.30. The van der Waals surface area contributed by atoms with E-state index in [2.05, 4.69) is 10.6 Å². The summed E-state index contributed by atoms with van der Waals surface area (Å²) in [5.41, 5.74) is 2.26. The molecule has 8 heteroatoms. The van der Waals surface area contributed by atoms with Crippen LogP contribution in [0, 0.1) is 0 Å². The maximum absolute atomic E-state index is 12.9. The largest absolute Gasteiger partial charge is 0.465 e. The Morgan fingerprint density at radius 3 is 2.29 bits per heavy atom. The lowest BCUT2D eigenvalue weighted by Gasteiger charge is -2.11. The van der Waals surface area contributed by atoms with E-state index < -0.39 is 17.8 Å². The molecule has 0 fully saturated rings. The van der Waals surface area contributed by atoms with E-state index in [4.69, 9.17) is 5.11 Å². The number of hydrogen-bond acceptors (Lipinski definition) is 2. The van der Waals surface area contributed by atoms with Crippen molar-refractivity contribution in [3.8, 4) is 11.1 Å². The standard InChI is InChI=1S/C26H19F3N2O3/c27-26(28,29)20-10-7-17(8-11-20)22-6-2-4-18-14-19(9-12-23(18)22)24(32)30-15-16-3-1-5-21(13-16)31-25(33)34/h1-14,31H,15H2,(H,30,32)(H,33,34). The second kappa shape index (κ2) is 9.27. The highest BCUT2D eigenvalue weighted by atomic mass is 19.4. The van der Waals surface area contributed by atoms with Crippen LogP contribution in [0.15, 0.2) is 84.9 Å². The normalized spacial score (nSPS) is 11.3. The number of benzene rings is 4. The van der Waals surface area contributed by atoms with Crippen LogP contribution in [0.5, 0.6) is 0 Å². The quantitative estimate of drug-likeness (QED) is 0.314. The van der Waals surface area contributed by atoms with E-state index in [1.165, 1.54) is 12.1 Å². The van der Waals surface area contributed by atoms with Crippen LogP contribution in [0.2, 0.25) is 0 Å². The first-order chi connectivity index (χ1) is 16.2. The highest BCUT2D eigenvalue weighted by molar-refractivity contribution is 6.02. The summed E-state index contributed by atoms with van der Waals surface area (Å²) < 4.78 is 38.6. The number of nitrogens with one attached hydrogen (secondary N) is 2. The minimum atomic E-state index is -4.40. The predicted octanol–water partition coefficient (Wildman–Crippen LogP) is 6.55. The summed E-state index contributed by atoms with van der Waals surface area (Å²) in [5.74, 6) is -0.307. The van der Waals surface area contributed by atoms with Gasteiger partial charge in [-0.3, -0.25) is 10.1 Å². The SMILES string of the molecule is O=C(O)Nc1cccc(CNC(=O)c2ccc3c(-c4ccc(C(F)(F)F)cc4)cccc3c2)c1. The van der Waals surface area contributed by atoms with Gasteiger partial charge in [0.25, 0.3) is 5.91 Å². The molecule has 0 saturated carbocycles. The van der Waals surface area contributed by atoms with Crippen molar-refractivity contribution in [3.63, 3.8) is 0 Å². The van der Waals surface area contributed by atoms with E-state index in [9.17, 15) is 22.8 Å². The van der Waals surface area contributed by atoms with Gasteiger partial charge in [-0.15, -0.1) is 0 Å². The van der Waals surface area contributed by atoms with E-state index in [0.717, 1.165) is 34.0 Å². The molecule has 0 heterocycles. The summed E-state index contributed by atoms with van der Waals surface area (Å²) in [6.45, 7) is 0.206. The van der Waals surface area contributed by atoms with Crippen molar-refractivity contribution < 1.29 is 27.9 Å². The molecule has 0 unspecified atom stereocenters. The second-order valence-electron chi connectivity index (χ2n) is 7.63. The molecule has 0 spiro atoms. The van der Waals surface area contributed by atoms with E-state index in [-0.39, 0.29) is 12.5 Å². The number of rotatable bonds is 5. The average molecular weight is 464 g/mol. The Labute approximate surface area is 192 Å². The van der Waals surface area contributed by atoms with Gasteiger partial charge in [-0.05, 0) is 63.9 Å².